The van der Waals surface area contributed by atoms with Crippen LogP contribution in [0.2, 0.25) is 0 Å². The van der Waals surface area contributed by atoms with E-state index in [1.807, 2.05) is 11.8 Å². The number of unbranched alkanes of at least 4 members (excludes halogenated alkanes) is 1. The van der Waals surface area contributed by atoms with Gasteiger partial charge < -0.3 is 10.6 Å². The predicted octanol–water partition coefficient (Wildman–Crippen LogP) is 2.93. The number of hydrogen-bond donors (Lipinski definition) is 1. The summed E-state index contributed by atoms with van der Waals surface area (Å²) in [6.07, 6.45) is 5.77. The smallest absolute Gasteiger partial charge is 0.222 e. The quantitative estimate of drug-likeness (QED) is 0.675. The molecule has 0 radical (unpaired) electrons. The molecule has 0 aromatic rings. The van der Waals surface area contributed by atoms with Crippen molar-refractivity contribution in [1.29, 1.82) is 0 Å². The van der Waals surface area contributed by atoms with E-state index in [1.54, 1.807) is 0 Å². The highest BCUT2D eigenvalue weighted by atomic mass is 16.2. The summed E-state index contributed by atoms with van der Waals surface area (Å²) < 4.78 is 0. The van der Waals surface area contributed by atoms with Gasteiger partial charge in [-0.2, -0.15) is 0 Å². The third kappa shape index (κ3) is 7.37. The number of carbonyl (C=O) groups excluding carboxylic acids is 1. The predicted molar refractivity (Wildman–Crippen MR) is 73.9 cm³/mol. The number of carbonyl (C=O) groups is 1. The molecule has 17 heavy (non-hydrogen) atoms. The molecule has 0 spiro atoms. The van der Waals surface area contributed by atoms with Crippen molar-refractivity contribution < 1.29 is 4.79 Å². The zero-order valence-electron chi connectivity index (χ0n) is 12.0. The SMILES string of the molecule is CCCCN(C(=O)CCCC(C)N)C(C)CC. The van der Waals surface area contributed by atoms with Crippen molar-refractivity contribution in [2.24, 2.45) is 5.73 Å². The van der Waals surface area contributed by atoms with Gasteiger partial charge in [0.05, 0.1) is 0 Å². The van der Waals surface area contributed by atoms with E-state index in [0.29, 0.717) is 18.4 Å². The Bertz CT molecular complexity index is 204. The summed E-state index contributed by atoms with van der Waals surface area (Å²) in [4.78, 5) is 14.2. The van der Waals surface area contributed by atoms with Crippen molar-refractivity contribution in [1.82, 2.24) is 4.90 Å². The lowest BCUT2D eigenvalue weighted by molar-refractivity contribution is -0.133. The Morgan fingerprint density at radius 3 is 2.35 bits per heavy atom. The summed E-state index contributed by atoms with van der Waals surface area (Å²) in [6.45, 7) is 9.34. The lowest BCUT2D eigenvalue weighted by atomic mass is 10.1. The van der Waals surface area contributed by atoms with E-state index in [9.17, 15) is 4.79 Å². The summed E-state index contributed by atoms with van der Waals surface area (Å²) in [5, 5.41) is 0. The average Bonchev–Trinajstić information content (AvgIpc) is 2.28. The number of amides is 1. The van der Waals surface area contributed by atoms with Gasteiger partial charge in [0, 0.05) is 25.0 Å². The van der Waals surface area contributed by atoms with E-state index in [-0.39, 0.29) is 6.04 Å². The zero-order valence-corrected chi connectivity index (χ0v) is 12.0. The van der Waals surface area contributed by atoms with Crippen LogP contribution in [0.5, 0.6) is 0 Å². The molecule has 0 saturated heterocycles. The minimum atomic E-state index is 0.204. The molecule has 102 valence electrons. The molecular weight excluding hydrogens is 212 g/mol. The van der Waals surface area contributed by atoms with Gasteiger partial charge in [-0.3, -0.25) is 4.79 Å². The Labute approximate surface area is 107 Å². The molecule has 0 heterocycles. The largest absolute Gasteiger partial charge is 0.340 e. The first kappa shape index (κ1) is 16.4. The molecule has 2 unspecified atom stereocenters. The van der Waals surface area contributed by atoms with Crippen molar-refractivity contribution in [3.8, 4) is 0 Å². The van der Waals surface area contributed by atoms with Crippen LogP contribution in [0.25, 0.3) is 0 Å². The Morgan fingerprint density at radius 2 is 1.88 bits per heavy atom. The van der Waals surface area contributed by atoms with Gasteiger partial charge in [0.2, 0.25) is 5.91 Å². The molecule has 2 atom stereocenters. The summed E-state index contributed by atoms with van der Waals surface area (Å²) in [6, 6.07) is 0.569. The van der Waals surface area contributed by atoms with Crippen LogP contribution in [0.4, 0.5) is 0 Å². The first-order valence-corrected chi connectivity index (χ1v) is 7.07. The van der Waals surface area contributed by atoms with Gasteiger partial charge in [-0.05, 0) is 39.5 Å². The zero-order chi connectivity index (χ0) is 13.3. The van der Waals surface area contributed by atoms with Crippen LogP contribution in [-0.4, -0.2) is 29.4 Å². The van der Waals surface area contributed by atoms with Crippen LogP contribution in [0.3, 0.4) is 0 Å². The van der Waals surface area contributed by atoms with E-state index in [4.69, 9.17) is 5.73 Å². The average molecular weight is 242 g/mol. The van der Waals surface area contributed by atoms with Crippen LogP contribution in [-0.2, 0) is 4.79 Å². The van der Waals surface area contributed by atoms with Gasteiger partial charge in [0.15, 0.2) is 0 Å². The van der Waals surface area contributed by atoms with Crippen LogP contribution < -0.4 is 5.73 Å². The van der Waals surface area contributed by atoms with E-state index in [0.717, 1.165) is 38.6 Å². The molecule has 0 bridgehead atoms. The molecular formula is C14H30N2O. The van der Waals surface area contributed by atoms with Crippen molar-refractivity contribution in [3.05, 3.63) is 0 Å². The summed E-state index contributed by atoms with van der Waals surface area (Å²) in [5.74, 6) is 0.299. The second kappa shape index (κ2) is 9.46. The molecule has 0 fully saturated rings. The second-order valence-electron chi connectivity index (χ2n) is 5.07. The summed E-state index contributed by atoms with van der Waals surface area (Å²) >= 11 is 0. The number of nitrogens with two attached hydrogens (primary N) is 1. The molecule has 2 N–H and O–H groups in total. The maximum absolute atomic E-state index is 12.1. The molecule has 0 aliphatic rings. The Kier molecular flexibility index (Phi) is 9.14. The van der Waals surface area contributed by atoms with Gasteiger partial charge in [-0.1, -0.05) is 20.3 Å². The molecule has 0 aromatic carbocycles. The molecule has 0 saturated carbocycles. The highest BCUT2D eigenvalue weighted by molar-refractivity contribution is 5.76. The van der Waals surface area contributed by atoms with Crippen LogP contribution >= 0.6 is 0 Å². The molecule has 3 heteroatoms. The van der Waals surface area contributed by atoms with E-state index in [2.05, 4.69) is 20.8 Å². The third-order valence-corrected chi connectivity index (χ3v) is 3.25. The molecule has 0 aromatic heterocycles. The molecule has 1 amide bonds. The molecule has 3 nitrogen and oxygen atoms in total. The van der Waals surface area contributed by atoms with Gasteiger partial charge in [0.25, 0.3) is 0 Å². The number of nitrogens with zero attached hydrogens (tertiary/aromatic N) is 1. The van der Waals surface area contributed by atoms with E-state index in [1.165, 1.54) is 0 Å². The molecule has 0 rings (SSSR count). The van der Waals surface area contributed by atoms with Crippen molar-refractivity contribution >= 4 is 5.91 Å². The highest BCUT2D eigenvalue weighted by Gasteiger charge is 2.17. The summed E-state index contributed by atoms with van der Waals surface area (Å²) in [5.41, 5.74) is 5.70. The van der Waals surface area contributed by atoms with Gasteiger partial charge in [-0.25, -0.2) is 0 Å². The van der Waals surface area contributed by atoms with Crippen molar-refractivity contribution in [3.63, 3.8) is 0 Å². The third-order valence-electron chi connectivity index (χ3n) is 3.25. The number of hydrogen-bond acceptors (Lipinski definition) is 2. The van der Waals surface area contributed by atoms with Crippen molar-refractivity contribution in [2.75, 3.05) is 6.54 Å². The second-order valence-corrected chi connectivity index (χ2v) is 5.07. The lowest BCUT2D eigenvalue weighted by Crippen LogP contribution is -2.39. The normalized spacial score (nSPS) is 14.4. The number of rotatable bonds is 9. The van der Waals surface area contributed by atoms with Crippen LogP contribution in [0.1, 0.15) is 66.2 Å². The van der Waals surface area contributed by atoms with Crippen molar-refractivity contribution in [2.45, 2.75) is 78.3 Å². The monoisotopic (exact) mass is 242 g/mol. The fourth-order valence-electron chi connectivity index (χ4n) is 1.86. The van der Waals surface area contributed by atoms with Gasteiger partial charge in [-0.15, -0.1) is 0 Å². The van der Waals surface area contributed by atoms with E-state index < -0.39 is 0 Å². The maximum atomic E-state index is 12.1. The van der Waals surface area contributed by atoms with E-state index >= 15 is 0 Å². The molecule has 0 aliphatic carbocycles. The van der Waals surface area contributed by atoms with Gasteiger partial charge >= 0.3 is 0 Å². The van der Waals surface area contributed by atoms with Crippen LogP contribution in [0, 0.1) is 0 Å². The Morgan fingerprint density at radius 1 is 1.24 bits per heavy atom. The fourth-order valence-corrected chi connectivity index (χ4v) is 1.86. The summed E-state index contributed by atoms with van der Waals surface area (Å²) in [7, 11) is 0. The standard InChI is InChI=1S/C14H30N2O/c1-5-7-11-16(13(4)6-2)14(17)10-8-9-12(3)15/h12-13H,5-11,15H2,1-4H3. The minimum absolute atomic E-state index is 0.204. The van der Waals surface area contributed by atoms with Gasteiger partial charge in [0.1, 0.15) is 0 Å². The maximum Gasteiger partial charge on any atom is 0.222 e. The molecule has 0 aliphatic heterocycles. The first-order valence-electron chi connectivity index (χ1n) is 7.07. The Balaban J connectivity index is 4.12. The fraction of sp³-hybridized carbons (Fsp3) is 0.929. The first-order chi connectivity index (χ1) is 8.02. The Hall–Kier alpha value is -0.570. The minimum Gasteiger partial charge on any atom is -0.340 e. The van der Waals surface area contributed by atoms with Crippen LogP contribution in [0.15, 0.2) is 0 Å². The lowest BCUT2D eigenvalue weighted by Gasteiger charge is -2.28. The topological polar surface area (TPSA) is 46.3 Å². The highest BCUT2D eigenvalue weighted by Crippen LogP contribution is 2.10.